The number of hydrogen-bond donors (Lipinski definition) is 0. The number of aromatic nitrogens is 2. The molecule has 4 rings (SSSR count). The standard InChI is InChI=1S/C23H20F3N5O/c24-23(25,26)21-10-13-31(28-21)20-8-4-18(5-9-20)22(32)30-12-1-11-29(14-15-30)19-6-2-17(16-27)3-7-19/h2-10,13H,1,11-12,14-15H2. The Kier molecular flexibility index (Phi) is 5.86. The minimum atomic E-state index is -4.50. The van der Waals surface area contributed by atoms with Crippen LogP contribution < -0.4 is 4.90 Å². The first-order chi connectivity index (χ1) is 15.3. The van der Waals surface area contributed by atoms with Crippen LogP contribution in [0.25, 0.3) is 5.69 Å². The number of alkyl halides is 3. The lowest BCUT2D eigenvalue weighted by Crippen LogP contribution is -2.35. The highest BCUT2D eigenvalue weighted by atomic mass is 19.4. The van der Waals surface area contributed by atoms with Gasteiger partial charge >= 0.3 is 6.18 Å². The normalized spacial score (nSPS) is 14.7. The SMILES string of the molecule is N#Cc1ccc(N2CCCN(C(=O)c3ccc(-n4ccc(C(F)(F)F)n4)cc3)CC2)cc1. The third-order valence-electron chi connectivity index (χ3n) is 5.40. The number of anilines is 1. The molecular weight excluding hydrogens is 419 g/mol. The Morgan fingerprint density at radius 2 is 1.59 bits per heavy atom. The highest BCUT2D eigenvalue weighted by molar-refractivity contribution is 5.94. The molecule has 3 aromatic rings. The molecule has 0 radical (unpaired) electrons. The number of amides is 1. The lowest BCUT2D eigenvalue weighted by atomic mass is 10.1. The molecule has 6 nitrogen and oxygen atoms in total. The number of nitriles is 1. The van der Waals surface area contributed by atoms with Crippen molar-refractivity contribution in [2.45, 2.75) is 12.6 Å². The number of halogens is 3. The Balaban J connectivity index is 1.41. The third kappa shape index (κ3) is 4.59. The molecule has 164 valence electrons. The van der Waals surface area contributed by atoms with Crippen LogP contribution in [0.3, 0.4) is 0 Å². The maximum Gasteiger partial charge on any atom is 0.435 e. The van der Waals surface area contributed by atoms with Crippen molar-refractivity contribution in [3.63, 3.8) is 0 Å². The summed E-state index contributed by atoms with van der Waals surface area (Å²) < 4.78 is 39.4. The van der Waals surface area contributed by atoms with Gasteiger partial charge in [0.15, 0.2) is 5.69 Å². The monoisotopic (exact) mass is 439 g/mol. The van der Waals surface area contributed by atoms with Crippen molar-refractivity contribution in [2.75, 3.05) is 31.1 Å². The van der Waals surface area contributed by atoms with Crippen LogP contribution in [-0.4, -0.2) is 46.8 Å². The van der Waals surface area contributed by atoms with Crippen molar-refractivity contribution in [1.29, 1.82) is 5.26 Å². The lowest BCUT2D eigenvalue weighted by Gasteiger charge is -2.24. The largest absolute Gasteiger partial charge is 0.435 e. The minimum Gasteiger partial charge on any atom is -0.370 e. The summed E-state index contributed by atoms with van der Waals surface area (Å²) in [4.78, 5) is 16.9. The molecule has 0 saturated carbocycles. The van der Waals surface area contributed by atoms with Crippen molar-refractivity contribution < 1.29 is 18.0 Å². The van der Waals surface area contributed by atoms with Crippen LogP contribution in [0, 0.1) is 11.3 Å². The van der Waals surface area contributed by atoms with E-state index in [-0.39, 0.29) is 5.91 Å². The molecule has 1 aromatic heterocycles. The molecule has 9 heteroatoms. The molecule has 0 N–H and O–H groups in total. The van der Waals surface area contributed by atoms with Gasteiger partial charge < -0.3 is 9.80 Å². The van der Waals surface area contributed by atoms with Crippen LogP contribution in [0.2, 0.25) is 0 Å². The number of carbonyl (C=O) groups excluding carboxylic acids is 1. The first-order valence-electron chi connectivity index (χ1n) is 10.1. The van der Waals surface area contributed by atoms with E-state index in [9.17, 15) is 18.0 Å². The smallest absolute Gasteiger partial charge is 0.370 e. The summed E-state index contributed by atoms with van der Waals surface area (Å²) in [6, 6.07) is 16.8. The number of carbonyl (C=O) groups is 1. The second-order valence-electron chi connectivity index (χ2n) is 7.48. The Bertz CT molecular complexity index is 1130. The molecule has 0 atom stereocenters. The summed E-state index contributed by atoms with van der Waals surface area (Å²) in [5.41, 5.74) is 1.58. The van der Waals surface area contributed by atoms with Crippen molar-refractivity contribution in [3.05, 3.63) is 77.6 Å². The van der Waals surface area contributed by atoms with E-state index in [0.717, 1.165) is 29.4 Å². The van der Waals surface area contributed by atoms with Crippen LogP contribution in [0.15, 0.2) is 60.8 Å². The van der Waals surface area contributed by atoms with E-state index >= 15 is 0 Å². The number of benzene rings is 2. The molecule has 1 saturated heterocycles. The van der Waals surface area contributed by atoms with Crippen molar-refractivity contribution in [1.82, 2.24) is 14.7 Å². The highest BCUT2D eigenvalue weighted by Gasteiger charge is 2.33. The summed E-state index contributed by atoms with van der Waals surface area (Å²) >= 11 is 0. The average Bonchev–Trinajstić information content (AvgIpc) is 3.18. The van der Waals surface area contributed by atoms with Crippen molar-refractivity contribution in [2.24, 2.45) is 0 Å². The topological polar surface area (TPSA) is 65.2 Å². The van der Waals surface area contributed by atoms with Gasteiger partial charge in [-0.15, -0.1) is 0 Å². The molecule has 1 fully saturated rings. The van der Waals surface area contributed by atoms with E-state index in [1.807, 2.05) is 12.1 Å². The fourth-order valence-electron chi connectivity index (χ4n) is 3.68. The molecule has 2 aromatic carbocycles. The molecule has 0 unspecified atom stereocenters. The number of nitrogens with zero attached hydrogens (tertiary/aromatic N) is 5. The second-order valence-corrected chi connectivity index (χ2v) is 7.48. The van der Waals surface area contributed by atoms with E-state index in [4.69, 9.17) is 5.26 Å². The quantitative estimate of drug-likeness (QED) is 0.616. The van der Waals surface area contributed by atoms with Crippen LogP contribution >= 0.6 is 0 Å². The Hall–Kier alpha value is -3.80. The number of rotatable bonds is 3. The fraction of sp³-hybridized carbons (Fsp3) is 0.261. The zero-order chi connectivity index (χ0) is 22.7. The van der Waals surface area contributed by atoms with Crippen LogP contribution in [0.5, 0.6) is 0 Å². The van der Waals surface area contributed by atoms with Gasteiger partial charge in [-0.05, 0) is 61.0 Å². The molecule has 0 bridgehead atoms. The van der Waals surface area contributed by atoms with E-state index in [2.05, 4.69) is 16.1 Å². The van der Waals surface area contributed by atoms with Crippen LogP contribution in [0.4, 0.5) is 18.9 Å². The minimum absolute atomic E-state index is 0.116. The molecule has 0 spiro atoms. The van der Waals surface area contributed by atoms with Crippen molar-refractivity contribution in [3.8, 4) is 11.8 Å². The molecule has 32 heavy (non-hydrogen) atoms. The van der Waals surface area contributed by atoms with Gasteiger partial charge in [-0.25, -0.2) is 4.68 Å². The molecule has 1 aliphatic rings. The van der Waals surface area contributed by atoms with E-state index in [1.54, 1.807) is 41.3 Å². The molecule has 1 amide bonds. The highest BCUT2D eigenvalue weighted by Crippen LogP contribution is 2.28. The Morgan fingerprint density at radius 1 is 0.906 bits per heavy atom. The van der Waals surface area contributed by atoms with Gasteiger partial charge in [0, 0.05) is 43.6 Å². The van der Waals surface area contributed by atoms with E-state index in [1.165, 1.54) is 6.20 Å². The maximum absolute atomic E-state index is 13.0. The van der Waals surface area contributed by atoms with Crippen LogP contribution in [0.1, 0.15) is 28.0 Å². The molecule has 1 aliphatic heterocycles. The lowest BCUT2D eigenvalue weighted by molar-refractivity contribution is -0.141. The van der Waals surface area contributed by atoms with Gasteiger partial charge in [0.1, 0.15) is 0 Å². The van der Waals surface area contributed by atoms with Gasteiger partial charge in [0.05, 0.1) is 17.3 Å². The summed E-state index contributed by atoms with van der Waals surface area (Å²) in [6.45, 7) is 2.63. The van der Waals surface area contributed by atoms with Gasteiger partial charge in [-0.1, -0.05) is 0 Å². The van der Waals surface area contributed by atoms with Gasteiger partial charge in [0.2, 0.25) is 0 Å². The molecule has 2 heterocycles. The zero-order valence-electron chi connectivity index (χ0n) is 17.1. The average molecular weight is 439 g/mol. The molecule has 0 aliphatic carbocycles. The zero-order valence-corrected chi connectivity index (χ0v) is 17.1. The summed E-state index contributed by atoms with van der Waals surface area (Å²) in [5, 5.41) is 12.5. The second kappa shape index (κ2) is 8.75. The number of hydrogen-bond acceptors (Lipinski definition) is 4. The van der Waals surface area contributed by atoms with Gasteiger partial charge in [-0.2, -0.15) is 23.5 Å². The molecular formula is C23H20F3N5O. The van der Waals surface area contributed by atoms with Crippen LogP contribution in [-0.2, 0) is 6.18 Å². The predicted molar refractivity (Wildman–Crippen MR) is 112 cm³/mol. The van der Waals surface area contributed by atoms with Gasteiger partial charge in [-0.3, -0.25) is 4.79 Å². The third-order valence-corrected chi connectivity index (χ3v) is 5.40. The Morgan fingerprint density at radius 3 is 2.22 bits per heavy atom. The Labute approximate surface area is 183 Å². The summed E-state index contributed by atoms with van der Waals surface area (Å²) in [5.74, 6) is -0.116. The first-order valence-corrected chi connectivity index (χ1v) is 10.1. The van der Waals surface area contributed by atoms with E-state index in [0.29, 0.717) is 36.4 Å². The predicted octanol–water partition coefficient (Wildman–Crippen LogP) is 4.12. The fourth-order valence-corrected chi connectivity index (χ4v) is 3.68. The summed E-state index contributed by atoms with van der Waals surface area (Å²) in [7, 11) is 0. The summed E-state index contributed by atoms with van der Waals surface area (Å²) in [6.07, 6.45) is -2.46. The maximum atomic E-state index is 13.0. The van der Waals surface area contributed by atoms with Gasteiger partial charge in [0.25, 0.3) is 5.91 Å². The van der Waals surface area contributed by atoms with E-state index < -0.39 is 11.9 Å². The first kappa shape index (κ1) is 21.4. The van der Waals surface area contributed by atoms with Crippen molar-refractivity contribution >= 4 is 11.6 Å².